The average Bonchev–Trinajstić information content (AvgIpc) is 3.90. The summed E-state index contributed by atoms with van der Waals surface area (Å²) in [6, 6.07) is 54.5. The summed E-state index contributed by atoms with van der Waals surface area (Å²) < 4.78 is 14.0. The van der Waals surface area contributed by atoms with Crippen molar-refractivity contribution in [2.24, 2.45) is 0 Å². The molecule has 0 amide bonds. The number of aromatic nitrogens is 3. The van der Waals surface area contributed by atoms with Crippen molar-refractivity contribution in [1.82, 2.24) is 14.1 Å². The first-order chi connectivity index (χ1) is 23.8. The Morgan fingerprint density at radius 2 is 1.21 bits per heavy atom. The van der Waals surface area contributed by atoms with E-state index in [1.54, 1.807) is 0 Å². The molecule has 0 radical (unpaired) electrons. The first kappa shape index (κ1) is 26.0. The lowest BCUT2D eigenvalue weighted by Gasteiger charge is -2.08. The third-order valence-electron chi connectivity index (χ3n) is 9.76. The molecule has 4 heterocycles. The number of hydrogen-bond acceptors (Lipinski definition) is 3. The van der Waals surface area contributed by atoms with E-state index >= 15 is 0 Å². The van der Waals surface area contributed by atoms with E-state index in [0.29, 0.717) is 6.01 Å². The van der Waals surface area contributed by atoms with Crippen molar-refractivity contribution < 1.29 is 4.42 Å². The zero-order valence-corrected chi connectivity index (χ0v) is 26.4. The molecule has 0 spiro atoms. The van der Waals surface area contributed by atoms with Crippen LogP contribution in [0.3, 0.4) is 0 Å². The molecule has 224 valence electrons. The molecule has 11 aromatic rings. The molecule has 7 aromatic carbocycles. The summed E-state index contributed by atoms with van der Waals surface area (Å²) in [4.78, 5) is 5.22. The lowest BCUT2D eigenvalue weighted by atomic mass is 10.0. The molecule has 0 aliphatic rings. The topological polar surface area (TPSA) is 35.9 Å². The molecule has 0 unspecified atom stereocenters. The molecule has 0 saturated carbocycles. The van der Waals surface area contributed by atoms with Crippen molar-refractivity contribution in [3.63, 3.8) is 0 Å². The van der Waals surface area contributed by atoms with Crippen LogP contribution in [0, 0.1) is 0 Å². The second-order valence-corrected chi connectivity index (χ2v) is 13.4. The van der Waals surface area contributed by atoms with E-state index in [4.69, 9.17) is 9.40 Å². The molecule has 4 aromatic heterocycles. The molecule has 0 aliphatic heterocycles. The SMILES string of the molecule is c1ccc(-c2cccc3c2sc2ccc4nc(-n5c6ccccc6c6ccc7c(c8ccccc8n7-c7ccccc7)c65)oc4c23)cc1. The Morgan fingerprint density at radius 1 is 0.500 bits per heavy atom. The van der Waals surface area contributed by atoms with Crippen LogP contribution in [-0.2, 0) is 0 Å². The molecule has 0 aliphatic carbocycles. The van der Waals surface area contributed by atoms with Gasteiger partial charge in [-0.2, -0.15) is 4.98 Å². The zero-order valence-electron chi connectivity index (χ0n) is 25.6. The van der Waals surface area contributed by atoms with E-state index in [9.17, 15) is 0 Å². The summed E-state index contributed by atoms with van der Waals surface area (Å²) in [5, 5.41) is 7.04. The number of benzene rings is 7. The standard InChI is InChI=1S/C43H25N3OS/c1-3-12-26(13-4-1)28-18-11-19-32-39-37(48-42(28)32)25-23-33-41(39)47-43(44-33)46-34-20-9-7-16-29(34)30-22-24-36-38(40(30)46)31-17-8-10-21-35(31)45(36)27-14-5-2-6-15-27/h1-25H. The molecule has 4 nitrogen and oxygen atoms in total. The Bertz CT molecular complexity index is 3050. The van der Waals surface area contributed by atoms with Gasteiger partial charge in [-0.25, -0.2) is 0 Å². The van der Waals surface area contributed by atoms with Gasteiger partial charge in [0.1, 0.15) is 5.52 Å². The second-order valence-electron chi connectivity index (χ2n) is 12.3. The van der Waals surface area contributed by atoms with Crippen LogP contribution in [0.4, 0.5) is 0 Å². The van der Waals surface area contributed by atoms with E-state index in [0.717, 1.165) is 38.7 Å². The third-order valence-corrected chi connectivity index (χ3v) is 11.0. The Morgan fingerprint density at radius 3 is 2.04 bits per heavy atom. The van der Waals surface area contributed by atoms with Crippen LogP contribution in [0.1, 0.15) is 0 Å². The Hall–Kier alpha value is -6.17. The number of hydrogen-bond donors (Lipinski definition) is 0. The number of para-hydroxylation sites is 3. The van der Waals surface area contributed by atoms with Gasteiger partial charge in [-0.15, -0.1) is 11.3 Å². The van der Waals surface area contributed by atoms with Crippen LogP contribution < -0.4 is 0 Å². The summed E-state index contributed by atoms with van der Waals surface area (Å²) in [5.74, 6) is 0. The van der Waals surface area contributed by atoms with Crippen LogP contribution in [0.5, 0.6) is 0 Å². The van der Waals surface area contributed by atoms with Crippen molar-refractivity contribution in [3.05, 3.63) is 152 Å². The lowest BCUT2D eigenvalue weighted by molar-refractivity contribution is 0.577. The molecular formula is C43H25N3OS. The summed E-state index contributed by atoms with van der Waals surface area (Å²) in [6.45, 7) is 0. The van der Waals surface area contributed by atoms with Gasteiger partial charge in [-0.1, -0.05) is 109 Å². The summed E-state index contributed by atoms with van der Waals surface area (Å²) >= 11 is 1.82. The van der Waals surface area contributed by atoms with Crippen molar-refractivity contribution >= 4 is 86.2 Å². The predicted molar refractivity (Wildman–Crippen MR) is 201 cm³/mol. The number of thiophene rings is 1. The zero-order chi connectivity index (χ0) is 31.3. The average molecular weight is 632 g/mol. The minimum atomic E-state index is 0.575. The highest BCUT2D eigenvalue weighted by Gasteiger charge is 2.24. The monoisotopic (exact) mass is 631 g/mol. The van der Waals surface area contributed by atoms with Crippen LogP contribution in [0.15, 0.2) is 156 Å². The first-order valence-electron chi connectivity index (χ1n) is 16.1. The third kappa shape index (κ3) is 3.46. The Balaban J connectivity index is 1.26. The Labute approximate surface area is 278 Å². The molecule has 0 fully saturated rings. The number of fused-ring (bicyclic) bond motifs is 12. The second kappa shape index (κ2) is 9.67. The number of oxazole rings is 1. The van der Waals surface area contributed by atoms with Crippen LogP contribution in [0.2, 0.25) is 0 Å². The maximum absolute atomic E-state index is 6.96. The van der Waals surface area contributed by atoms with Gasteiger partial charge in [0.15, 0.2) is 5.58 Å². The first-order valence-corrected chi connectivity index (χ1v) is 17.0. The van der Waals surface area contributed by atoms with Gasteiger partial charge in [-0.3, -0.25) is 4.57 Å². The molecule has 0 saturated heterocycles. The summed E-state index contributed by atoms with van der Waals surface area (Å²) in [7, 11) is 0. The van der Waals surface area contributed by atoms with Gasteiger partial charge in [0, 0.05) is 47.4 Å². The number of nitrogens with zero attached hydrogens (tertiary/aromatic N) is 3. The Kier molecular flexibility index (Phi) is 5.23. The fourth-order valence-electron chi connectivity index (χ4n) is 7.76. The normalized spacial score (nSPS) is 12.2. The van der Waals surface area contributed by atoms with Gasteiger partial charge < -0.3 is 8.98 Å². The lowest BCUT2D eigenvalue weighted by Crippen LogP contribution is -1.95. The van der Waals surface area contributed by atoms with Gasteiger partial charge in [0.05, 0.1) is 22.1 Å². The molecular weight excluding hydrogens is 607 g/mol. The maximum atomic E-state index is 6.96. The van der Waals surface area contributed by atoms with E-state index < -0.39 is 0 Å². The van der Waals surface area contributed by atoms with Gasteiger partial charge in [-0.05, 0) is 53.6 Å². The van der Waals surface area contributed by atoms with Gasteiger partial charge >= 0.3 is 6.01 Å². The smallest absolute Gasteiger partial charge is 0.307 e. The molecule has 0 bridgehead atoms. The summed E-state index contributed by atoms with van der Waals surface area (Å²) in [5.41, 5.74) is 9.75. The molecule has 5 heteroatoms. The van der Waals surface area contributed by atoms with E-state index in [1.165, 1.54) is 53.0 Å². The van der Waals surface area contributed by atoms with Crippen LogP contribution >= 0.6 is 11.3 Å². The predicted octanol–water partition coefficient (Wildman–Crippen LogP) is 12.1. The molecule has 48 heavy (non-hydrogen) atoms. The maximum Gasteiger partial charge on any atom is 0.307 e. The highest BCUT2D eigenvalue weighted by atomic mass is 32.1. The highest BCUT2D eigenvalue weighted by Crippen LogP contribution is 2.45. The summed E-state index contributed by atoms with van der Waals surface area (Å²) in [6.07, 6.45) is 0. The highest BCUT2D eigenvalue weighted by molar-refractivity contribution is 7.26. The van der Waals surface area contributed by atoms with Gasteiger partial charge in [0.2, 0.25) is 0 Å². The van der Waals surface area contributed by atoms with Crippen molar-refractivity contribution in [1.29, 1.82) is 0 Å². The van der Waals surface area contributed by atoms with Crippen molar-refractivity contribution in [3.8, 4) is 22.8 Å². The quantitative estimate of drug-likeness (QED) is 0.194. The van der Waals surface area contributed by atoms with Crippen LogP contribution in [-0.4, -0.2) is 14.1 Å². The fourth-order valence-corrected chi connectivity index (χ4v) is 9.00. The van der Waals surface area contributed by atoms with Crippen LogP contribution in [0.25, 0.3) is 97.7 Å². The fraction of sp³-hybridized carbons (Fsp3) is 0. The molecule has 11 rings (SSSR count). The minimum absolute atomic E-state index is 0.575. The minimum Gasteiger partial charge on any atom is -0.422 e. The molecule has 0 atom stereocenters. The molecule has 0 N–H and O–H groups in total. The van der Waals surface area contributed by atoms with Crippen molar-refractivity contribution in [2.75, 3.05) is 0 Å². The largest absolute Gasteiger partial charge is 0.422 e. The number of rotatable bonds is 3. The van der Waals surface area contributed by atoms with E-state index in [2.05, 4.69) is 161 Å². The van der Waals surface area contributed by atoms with E-state index in [1.807, 2.05) is 11.3 Å². The van der Waals surface area contributed by atoms with Crippen molar-refractivity contribution in [2.45, 2.75) is 0 Å². The van der Waals surface area contributed by atoms with E-state index in [-0.39, 0.29) is 0 Å². The van der Waals surface area contributed by atoms with Gasteiger partial charge in [0.25, 0.3) is 0 Å².